The van der Waals surface area contributed by atoms with Gasteiger partial charge in [-0.2, -0.15) is 0 Å². The predicted octanol–water partition coefficient (Wildman–Crippen LogP) is 1.38. The molecule has 2 aromatic rings. The van der Waals surface area contributed by atoms with Crippen molar-refractivity contribution in [3.63, 3.8) is 0 Å². The SMILES string of the molecule is C(C#Cc1cnc([C@@H]2C[C@@H]3C[C@H]3N2)[nH]1)#Cc1cnc([C@@H]2C[C@@H]3C[C@H]3N2)[nH]1. The maximum absolute atomic E-state index is 4.46. The zero-order valence-corrected chi connectivity index (χ0v) is 14.3. The Hall–Kier alpha value is -2.54. The first-order valence-corrected chi connectivity index (χ1v) is 9.46. The Kier molecular flexibility index (Phi) is 3.08. The number of fused-ring (bicyclic) bond motifs is 2. The van der Waals surface area contributed by atoms with Crippen molar-refractivity contribution in [3.8, 4) is 23.7 Å². The lowest BCUT2D eigenvalue weighted by molar-refractivity contribution is 0.543. The number of piperidine rings is 2. The molecule has 2 saturated heterocycles. The van der Waals surface area contributed by atoms with Crippen LogP contribution < -0.4 is 10.6 Å². The second-order valence-corrected chi connectivity index (χ2v) is 7.98. The van der Waals surface area contributed by atoms with Gasteiger partial charge in [-0.15, -0.1) is 0 Å². The van der Waals surface area contributed by atoms with Gasteiger partial charge in [-0.25, -0.2) is 9.97 Å². The van der Waals surface area contributed by atoms with Gasteiger partial charge in [-0.1, -0.05) is 0 Å². The second kappa shape index (κ2) is 5.48. The van der Waals surface area contributed by atoms with Crippen molar-refractivity contribution in [2.24, 2.45) is 11.8 Å². The molecular weight excluding hydrogens is 324 g/mol. The maximum Gasteiger partial charge on any atom is 0.124 e. The van der Waals surface area contributed by atoms with Crippen LogP contribution in [0.4, 0.5) is 0 Å². The van der Waals surface area contributed by atoms with Crippen molar-refractivity contribution < 1.29 is 0 Å². The molecule has 26 heavy (non-hydrogen) atoms. The van der Waals surface area contributed by atoms with Crippen LogP contribution in [0.1, 0.15) is 60.8 Å². The Labute approximate surface area is 152 Å². The fraction of sp³-hybridized carbons (Fsp3) is 0.500. The molecule has 0 spiro atoms. The minimum Gasteiger partial charge on any atom is -0.334 e. The molecule has 0 radical (unpaired) electrons. The summed E-state index contributed by atoms with van der Waals surface area (Å²) in [6.45, 7) is 0. The van der Waals surface area contributed by atoms with Gasteiger partial charge in [0.05, 0.1) is 24.5 Å². The number of aromatic amines is 2. The standard InChI is InChI=1S/C20H20N6/c1(3-13-9-21-19(23-13)17-7-11-5-15(11)25-17)2-4-14-10-22-20(24-14)18-8-12-6-16(12)26-18/h9-12,15-18,25-26H,5-8H2,(H,21,23)(H,22,24)/t11-,12-,15+,16+,17-,18-/m0/s1. The van der Waals surface area contributed by atoms with Crippen LogP contribution in [0, 0.1) is 35.5 Å². The highest BCUT2D eigenvalue weighted by Crippen LogP contribution is 2.46. The topological polar surface area (TPSA) is 81.4 Å². The Balaban J connectivity index is 1.10. The number of nitrogens with zero attached hydrogens (tertiary/aromatic N) is 2. The van der Waals surface area contributed by atoms with Crippen LogP contribution in [0.25, 0.3) is 0 Å². The van der Waals surface area contributed by atoms with Gasteiger partial charge in [0.15, 0.2) is 0 Å². The molecule has 4 N–H and O–H groups in total. The zero-order chi connectivity index (χ0) is 17.1. The van der Waals surface area contributed by atoms with E-state index >= 15 is 0 Å². The van der Waals surface area contributed by atoms with E-state index in [2.05, 4.69) is 54.3 Å². The summed E-state index contributed by atoms with van der Waals surface area (Å²) in [6, 6.07) is 2.16. The van der Waals surface area contributed by atoms with Crippen molar-refractivity contribution in [2.75, 3.05) is 0 Å². The largest absolute Gasteiger partial charge is 0.334 e. The fourth-order valence-corrected chi connectivity index (χ4v) is 4.42. The molecule has 2 saturated carbocycles. The maximum atomic E-state index is 4.46. The fourth-order valence-electron chi connectivity index (χ4n) is 4.42. The van der Waals surface area contributed by atoms with Crippen molar-refractivity contribution in [1.29, 1.82) is 0 Å². The number of hydrogen-bond acceptors (Lipinski definition) is 4. The Morgan fingerprint density at radius 3 is 1.65 bits per heavy atom. The average Bonchev–Trinajstić information content (AvgIpc) is 3.27. The summed E-state index contributed by atoms with van der Waals surface area (Å²) in [5.74, 6) is 15.6. The van der Waals surface area contributed by atoms with Crippen molar-refractivity contribution in [3.05, 3.63) is 35.4 Å². The molecule has 6 nitrogen and oxygen atoms in total. The summed E-state index contributed by atoms with van der Waals surface area (Å²) >= 11 is 0. The summed E-state index contributed by atoms with van der Waals surface area (Å²) in [7, 11) is 0. The summed E-state index contributed by atoms with van der Waals surface area (Å²) in [4.78, 5) is 15.5. The first-order valence-electron chi connectivity index (χ1n) is 9.46. The number of rotatable bonds is 2. The molecule has 2 aliphatic heterocycles. The van der Waals surface area contributed by atoms with Gasteiger partial charge in [-0.05, 0) is 61.2 Å². The molecule has 0 unspecified atom stereocenters. The van der Waals surface area contributed by atoms with Crippen LogP contribution in [0.15, 0.2) is 12.4 Å². The van der Waals surface area contributed by atoms with E-state index in [1.54, 1.807) is 12.4 Å². The number of hydrogen-bond donors (Lipinski definition) is 4. The van der Waals surface area contributed by atoms with Crippen molar-refractivity contribution in [2.45, 2.75) is 49.9 Å². The third-order valence-corrected chi connectivity index (χ3v) is 6.06. The van der Waals surface area contributed by atoms with Crippen LogP contribution >= 0.6 is 0 Å². The van der Waals surface area contributed by atoms with Gasteiger partial charge in [0.1, 0.15) is 23.0 Å². The van der Waals surface area contributed by atoms with Gasteiger partial charge in [0.25, 0.3) is 0 Å². The summed E-state index contributed by atoms with van der Waals surface area (Å²) in [5, 5.41) is 7.18. The van der Waals surface area contributed by atoms with E-state index in [0.29, 0.717) is 12.1 Å². The monoisotopic (exact) mass is 344 g/mol. The quantitative estimate of drug-likeness (QED) is 0.621. The van der Waals surface area contributed by atoms with Gasteiger partial charge in [-0.3, -0.25) is 0 Å². The molecule has 0 aromatic carbocycles. The molecule has 4 heterocycles. The molecule has 2 aromatic heterocycles. The molecule has 6 heteroatoms. The molecule has 6 rings (SSSR count). The average molecular weight is 344 g/mol. The molecule has 4 fully saturated rings. The Bertz CT molecular complexity index is 879. The first-order chi connectivity index (χ1) is 12.8. The Morgan fingerprint density at radius 1 is 0.731 bits per heavy atom. The molecule has 130 valence electrons. The van der Waals surface area contributed by atoms with E-state index in [0.717, 1.165) is 47.0 Å². The second-order valence-electron chi connectivity index (χ2n) is 7.98. The molecular formula is C20H20N6. The molecule has 6 atom stereocenters. The first kappa shape index (κ1) is 14.6. The summed E-state index contributed by atoms with van der Waals surface area (Å²) in [5.41, 5.74) is 1.63. The highest BCUT2D eigenvalue weighted by Gasteiger charge is 2.47. The van der Waals surface area contributed by atoms with Crippen molar-refractivity contribution in [1.82, 2.24) is 30.6 Å². The van der Waals surface area contributed by atoms with Gasteiger partial charge in [0, 0.05) is 12.1 Å². The smallest absolute Gasteiger partial charge is 0.124 e. The van der Waals surface area contributed by atoms with E-state index < -0.39 is 0 Å². The molecule has 2 aliphatic carbocycles. The van der Waals surface area contributed by atoms with Crippen LogP contribution in [0.2, 0.25) is 0 Å². The molecule has 0 amide bonds. The minimum absolute atomic E-state index is 0.360. The zero-order valence-electron chi connectivity index (χ0n) is 14.3. The number of nitrogens with one attached hydrogen (secondary N) is 4. The molecule has 0 bridgehead atoms. The summed E-state index contributed by atoms with van der Waals surface area (Å²) < 4.78 is 0. The van der Waals surface area contributed by atoms with E-state index in [-0.39, 0.29) is 0 Å². The lowest BCUT2D eigenvalue weighted by Gasteiger charge is -2.08. The van der Waals surface area contributed by atoms with Crippen LogP contribution in [0.5, 0.6) is 0 Å². The summed E-state index contributed by atoms with van der Waals surface area (Å²) in [6.07, 6.45) is 8.61. The third kappa shape index (κ3) is 2.63. The van der Waals surface area contributed by atoms with Crippen molar-refractivity contribution >= 4 is 0 Å². The highest BCUT2D eigenvalue weighted by molar-refractivity contribution is 5.40. The number of H-pyrrole nitrogens is 2. The van der Waals surface area contributed by atoms with E-state index in [1.165, 1.54) is 25.7 Å². The number of aromatic nitrogens is 4. The van der Waals surface area contributed by atoms with Gasteiger partial charge >= 0.3 is 0 Å². The van der Waals surface area contributed by atoms with Gasteiger partial charge < -0.3 is 20.6 Å². The predicted molar refractivity (Wildman–Crippen MR) is 95.7 cm³/mol. The lowest BCUT2D eigenvalue weighted by atomic mass is 10.2. The van der Waals surface area contributed by atoms with Crippen LogP contribution in [-0.4, -0.2) is 32.0 Å². The molecule has 4 aliphatic rings. The van der Waals surface area contributed by atoms with Crippen LogP contribution in [0.3, 0.4) is 0 Å². The third-order valence-electron chi connectivity index (χ3n) is 6.06. The van der Waals surface area contributed by atoms with E-state index in [4.69, 9.17) is 0 Å². The minimum atomic E-state index is 0.360. The van der Waals surface area contributed by atoms with E-state index in [1.807, 2.05) is 0 Å². The van der Waals surface area contributed by atoms with Gasteiger partial charge in [0.2, 0.25) is 0 Å². The number of imidazole rings is 2. The normalized spacial score (nSPS) is 35.7. The lowest BCUT2D eigenvalue weighted by Crippen LogP contribution is -2.18. The van der Waals surface area contributed by atoms with Crippen LogP contribution in [-0.2, 0) is 0 Å². The Morgan fingerprint density at radius 2 is 1.23 bits per heavy atom. The highest BCUT2D eigenvalue weighted by atomic mass is 15.1. The van der Waals surface area contributed by atoms with E-state index in [9.17, 15) is 0 Å².